The quantitative estimate of drug-likeness (QED) is 0.196. The summed E-state index contributed by atoms with van der Waals surface area (Å²) in [7, 11) is 0. The van der Waals surface area contributed by atoms with E-state index in [0.29, 0.717) is 23.4 Å². The van der Waals surface area contributed by atoms with E-state index in [1.54, 1.807) is 18.3 Å². The van der Waals surface area contributed by atoms with E-state index in [1.165, 1.54) is 0 Å². The number of nitrogens with zero attached hydrogens (tertiary/aromatic N) is 4. The van der Waals surface area contributed by atoms with Crippen molar-refractivity contribution < 1.29 is 6.11 Å². The summed E-state index contributed by atoms with van der Waals surface area (Å²) in [5.74, 6) is 2.11. The van der Waals surface area contributed by atoms with Gasteiger partial charge < -0.3 is 4.74 Å². The molecule has 0 bridgehead atoms. The molecule has 0 aliphatic heterocycles. The highest BCUT2D eigenvalue weighted by Gasteiger charge is 2.17. The van der Waals surface area contributed by atoms with Crippen molar-refractivity contribution in [1.29, 1.82) is 0 Å². The van der Waals surface area contributed by atoms with Crippen molar-refractivity contribution in [2.45, 2.75) is 13.8 Å². The minimum Gasteiger partial charge on any atom is -0.457 e. The number of aromatic nitrogens is 4. The molecule has 216 valence electrons. The first-order valence-corrected chi connectivity index (χ1v) is 15.0. The molecule has 3 aromatic heterocycles. The monoisotopic (exact) mass is 583 g/mol. The zero-order valence-electron chi connectivity index (χ0n) is 26.0. The Labute approximate surface area is 263 Å². The number of ether oxygens (including phenoxy) is 1. The second-order valence-corrected chi connectivity index (χ2v) is 11.1. The molecule has 8 aromatic rings. The topological polar surface area (TPSA) is 44.9 Å². The van der Waals surface area contributed by atoms with Gasteiger partial charge >= 0.3 is 0 Å². The summed E-state index contributed by atoms with van der Waals surface area (Å²) in [5.41, 5.74) is 9.57. The number of rotatable bonds is 6. The third-order valence-electron chi connectivity index (χ3n) is 8.32. The highest BCUT2D eigenvalue weighted by atomic mass is 16.5. The summed E-state index contributed by atoms with van der Waals surface area (Å²) in [6.45, 7) is 4.15. The zero-order chi connectivity index (χ0) is 31.2. The molecule has 0 N–H and O–H groups in total. The third-order valence-corrected chi connectivity index (χ3v) is 8.32. The molecular weight excluding hydrogens is 552 g/mol. The Morgan fingerprint density at radius 1 is 0.622 bits per heavy atom. The Bertz CT molecular complexity index is 2380. The van der Waals surface area contributed by atoms with Crippen LogP contribution in [0.5, 0.6) is 11.5 Å². The molecule has 3 heterocycles. The maximum atomic E-state index is 8.28. The predicted molar refractivity (Wildman–Crippen MR) is 183 cm³/mol. The van der Waals surface area contributed by atoms with E-state index in [0.717, 1.165) is 61.1 Å². The van der Waals surface area contributed by atoms with Crippen LogP contribution in [0.4, 0.5) is 0 Å². The van der Waals surface area contributed by atoms with E-state index in [4.69, 9.17) is 11.2 Å². The number of hydrogen-bond donors (Lipinski definition) is 0. The highest BCUT2D eigenvalue weighted by Crippen LogP contribution is 2.37. The molecule has 0 aliphatic carbocycles. The molecule has 0 spiro atoms. The average molecular weight is 584 g/mol. The molecule has 0 saturated heterocycles. The lowest BCUT2D eigenvalue weighted by molar-refractivity contribution is 0.483. The van der Waals surface area contributed by atoms with Crippen molar-refractivity contribution in [3.05, 3.63) is 157 Å². The lowest BCUT2D eigenvalue weighted by Gasteiger charge is -2.11. The molecule has 0 amide bonds. The molecule has 0 atom stereocenters. The van der Waals surface area contributed by atoms with Gasteiger partial charge in [-0.15, -0.1) is 0 Å². The van der Waals surface area contributed by atoms with Gasteiger partial charge in [0.25, 0.3) is 0 Å². The van der Waals surface area contributed by atoms with E-state index in [1.807, 2.05) is 47.1 Å². The van der Waals surface area contributed by atoms with Gasteiger partial charge in [0.15, 0.2) is 0 Å². The van der Waals surface area contributed by atoms with E-state index in [-0.39, 0.29) is 0 Å². The smallest absolute Gasteiger partial charge is 0.137 e. The molecule has 0 unspecified atom stereocenters. The van der Waals surface area contributed by atoms with Crippen molar-refractivity contribution in [3.8, 4) is 45.3 Å². The fourth-order valence-electron chi connectivity index (χ4n) is 6.29. The Morgan fingerprint density at radius 2 is 1.40 bits per heavy atom. The van der Waals surface area contributed by atoms with Gasteiger partial charge in [0, 0.05) is 40.4 Å². The van der Waals surface area contributed by atoms with Gasteiger partial charge in [-0.05, 0) is 79.1 Å². The van der Waals surface area contributed by atoms with Gasteiger partial charge in [-0.2, -0.15) is 5.10 Å². The van der Waals surface area contributed by atoms with Gasteiger partial charge in [-0.3, -0.25) is 4.57 Å². The maximum absolute atomic E-state index is 8.28. The van der Waals surface area contributed by atoms with E-state index < -0.39 is 0 Å². The molecule has 8 rings (SSSR count). The van der Waals surface area contributed by atoms with Gasteiger partial charge in [0.2, 0.25) is 0 Å². The van der Waals surface area contributed by atoms with Crippen LogP contribution in [-0.4, -0.2) is 19.3 Å². The first-order valence-electron chi connectivity index (χ1n) is 15.5. The van der Waals surface area contributed by atoms with Crippen molar-refractivity contribution in [2.75, 3.05) is 0 Å². The van der Waals surface area contributed by atoms with Crippen LogP contribution in [0.15, 0.2) is 146 Å². The number of hydrogen-bond acceptors (Lipinski definition) is 3. The van der Waals surface area contributed by atoms with E-state index in [2.05, 4.69) is 102 Å². The van der Waals surface area contributed by atoms with Crippen molar-refractivity contribution >= 4 is 21.8 Å². The summed E-state index contributed by atoms with van der Waals surface area (Å²) >= 11 is 0. The Hall–Kier alpha value is -5.94. The summed E-state index contributed by atoms with van der Waals surface area (Å²) in [5, 5.41) is 7.08. The standard InChI is InChI=1S/C40H30N4O/c1-27-40(30-14-7-4-8-15-30)28(2)44(42-27)32-16-11-17-33(25-32)45-34-20-21-35-36-24-31(29-12-5-3-6-13-29)19-22-37(36)43(38(35)26-34)39-18-9-10-23-41-39/h3-26H,1-2H3/i9D. The van der Waals surface area contributed by atoms with E-state index >= 15 is 0 Å². The van der Waals surface area contributed by atoms with Crippen molar-refractivity contribution in [2.24, 2.45) is 0 Å². The number of fused-ring (bicyclic) bond motifs is 3. The van der Waals surface area contributed by atoms with Crippen LogP contribution in [0.1, 0.15) is 12.8 Å². The zero-order valence-corrected chi connectivity index (χ0v) is 25.0. The van der Waals surface area contributed by atoms with Gasteiger partial charge in [0.05, 0.1) is 23.8 Å². The summed E-state index contributed by atoms with van der Waals surface area (Å²) in [4.78, 5) is 4.65. The molecule has 5 nitrogen and oxygen atoms in total. The fraction of sp³-hybridized carbons (Fsp3) is 0.0500. The van der Waals surface area contributed by atoms with Crippen LogP contribution in [-0.2, 0) is 0 Å². The normalized spacial score (nSPS) is 11.6. The van der Waals surface area contributed by atoms with Gasteiger partial charge in [0.1, 0.15) is 17.3 Å². The first-order chi connectivity index (χ1) is 22.5. The maximum Gasteiger partial charge on any atom is 0.137 e. The first kappa shape index (κ1) is 25.5. The number of aryl methyl sites for hydroxylation is 1. The molecule has 0 radical (unpaired) electrons. The lowest BCUT2D eigenvalue weighted by Crippen LogP contribution is -1.99. The summed E-state index contributed by atoms with van der Waals surface area (Å²) in [6, 6.07) is 45.4. The summed E-state index contributed by atoms with van der Waals surface area (Å²) in [6.07, 6.45) is 1.68. The van der Waals surface area contributed by atoms with Crippen LogP contribution in [0.25, 0.3) is 55.6 Å². The number of pyridine rings is 1. The van der Waals surface area contributed by atoms with E-state index in [9.17, 15) is 0 Å². The number of benzene rings is 5. The Kier molecular flexibility index (Phi) is 6.22. The lowest BCUT2D eigenvalue weighted by atomic mass is 10.0. The second-order valence-electron chi connectivity index (χ2n) is 11.1. The second kappa shape index (κ2) is 11.0. The molecular formula is C40H30N4O. The van der Waals surface area contributed by atoms with Crippen LogP contribution in [0.2, 0.25) is 0 Å². The van der Waals surface area contributed by atoms with Crippen LogP contribution < -0.4 is 4.74 Å². The minimum atomic E-state index is 0.407. The Morgan fingerprint density at radius 3 is 2.20 bits per heavy atom. The van der Waals surface area contributed by atoms with Crippen LogP contribution in [0, 0.1) is 13.8 Å². The van der Waals surface area contributed by atoms with Crippen LogP contribution >= 0.6 is 0 Å². The van der Waals surface area contributed by atoms with Gasteiger partial charge in [-0.1, -0.05) is 78.8 Å². The minimum absolute atomic E-state index is 0.407. The Balaban J connectivity index is 1.21. The fourth-order valence-corrected chi connectivity index (χ4v) is 6.29. The molecule has 45 heavy (non-hydrogen) atoms. The van der Waals surface area contributed by atoms with Gasteiger partial charge in [-0.25, -0.2) is 9.67 Å². The average Bonchev–Trinajstić information content (AvgIpc) is 3.57. The molecule has 0 fully saturated rings. The largest absolute Gasteiger partial charge is 0.457 e. The molecule has 0 aliphatic rings. The third kappa shape index (κ3) is 4.75. The molecule has 5 aromatic carbocycles. The highest BCUT2D eigenvalue weighted by molar-refractivity contribution is 6.10. The summed E-state index contributed by atoms with van der Waals surface area (Å²) < 4.78 is 18.9. The SMILES string of the molecule is [2H]c1ccnc(-n2c3ccc(-c4ccccc4)cc3c3ccc(Oc4cccc(-n5nc(C)c(-c6ccccc6)c5C)c4)cc32)c1. The molecule has 5 heteroatoms. The predicted octanol–water partition coefficient (Wildman–Crippen LogP) is 10.1. The molecule has 0 saturated carbocycles. The van der Waals surface area contributed by atoms with Crippen molar-refractivity contribution in [3.63, 3.8) is 0 Å². The van der Waals surface area contributed by atoms with Crippen molar-refractivity contribution in [1.82, 2.24) is 19.3 Å². The van der Waals surface area contributed by atoms with Crippen LogP contribution in [0.3, 0.4) is 0 Å².